The van der Waals surface area contributed by atoms with E-state index in [1.165, 1.54) is 24.2 Å². The molecule has 0 bridgehead atoms. The van der Waals surface area contributed by atoms with Crippen LogP contribution in [0.5, 0.6) is 0 Å². The van der Waals surface area contributed by atoms with Crippen molar-refractivity contribution in [2.75, 3.05) is 26.2 Å². The van der Waals surface area contributed by atoms with Crippen molar-refractivity contribution in [1.29, 1.82) is 0 Å². The van der Waals surface area contributed by atoms with Crippen LogP contribution in [0.4, 0.5) is 13.2 Å². The van der Waals surface area contributed by atoms with E-state index >= 15 is 0 Å². The van der Waals surface area contributed by atoms with Crippen molar-refractivity contribution in [2.24, 2.45) is 17.8 Å². The van der Waals surface area contributed by atoms with Crippen LogP contribution in [-0.2, 0) is 9.59 Å². The molecule has 1 saturated carbocycles. The topological polar surface area (TPSA) is 69.6 Å². The molecule has 0 spiro atoms. The molecule has 2 atom stereocenters. The van der Waals surface area contributed by atoms with Crippen LogP contribution in [0.25, 0.3) is 0 Å². The molecule has 2 N–H and O–H groups in total. The second-order valence-corrected chi connectivity index (χ2v) is 6.91. The molecule has 0 aromatic heterocycles. The number of carboxylic acids is 1. The molecule has 8 heteroatoms. The van der Waals surface area contributed by atoms with Crippen molar-refractivity contribution in [1.82, 2.24) is 10.2 Å². The summed E-state index contributed by atoms with van der Waals surface area (Å²) in [7, 11) is 0. The molecule has 1 aliphatic heterocycles. The van der Waals surface area contributed by atoms with E-state index in [9.17, 15) is 22.8 Å². The first-order valence-corrected chi connectivity index (χ1v) is 8.56. The van der Waals surface area contributed by atoms with E-state index < -0.39 is 24.0 Å². The van der Waals surface area contributed by atoms with E-state index in [1.807, 2.05) is 0 Å². The highest BCUT2D eigenvalue weighted by Gasteiger charge is 2.52. The van der Waals surface area contributed by atoms with Gasteiger partial charge in [-0.2, -0.15) is 13.2 Å². The number of amides is 1. The van der Waals surface area contributed by atoms with Gasteiger partial charge in [0.05, 0.1) is 11.8 Å². The van der Waals surface area contributed by atoms with Crippen LogP contribution in [0.15, 0.2) is 0 Å². The lowest BCUT2D eigenvalue weighted by Gasteiger charge is -2.22. The average Bonchev–Trinajstić information content (AvgIpc) is 2.97. The van der Waals surface area contributed by atoms with Gasteiger partial charge in [0, 0.05) is 32.6 Å². The minimum atomic E-state index is -4.53. The molecule has 1 amide bonds. The summed E-state index contributed by atoms with van der Waals surface area (Å²) in [6.07, 6.45) is 1.41. The third-order valence-corrected chi connectivity index (χ3v) is 5.10. The Morgan fingerprint density at radius 3 is 2.33 bits per heavy atom. The van der Waals surface area contributed by atoms with E-state index in [4.69, 9.17) is 5.11 Å². The van der Waals surface area contributed by atoms with Crippen molar-refractivity contribution in [3.8, 4) is 0 Å². The number of alkyl halides is 3. The van der Waals surface area contributed by atoms with Gasteiger partial charge < -0.3 is 15.3 Å². The summed E-state index contributed by atoms with van der Waals surface area (Å²) in [5.41, 5.74) is 0. The summed E-state index contributed by atoms with van der Waals surface area (Å²) in [6, 6.07) is 0. The van der Waals surface area contributed by atoms with Gasteiger partial charge in [0.15, 0.2) is 0 Å². The minimum absolute atomic E-state index is 0.101. The fourth-order valence-electron chi connectivity index (χ4n) is 3.65. The van der Waals surface area contributed by atoms with Crippen molar-refractivity contribution in [3.63, 3.8) is 0 Å². The van der Waals surface area contributed by atoms with Gasteiger partial charge in [0.2, 0.25) is 5.91 Å². The predicted molar refractivity (Wildman–Crippen MR) is 81.3 cm³/mol. The standard InChI is InChI=1S/C16H25F3N2O3/c17-16(18,19)13-10-21(9-12(13)15(23)24)7-6-14(22)20-8-11-4-2-1-3-5-11/h11-13H,1-10H2,(H,20,22)(H,23,24)/t12-,13-/m1/s1. The molecule has 2 fully saturated rings. The predicted octanol–water partition coefficient (Wildman–Crippen LogP) is 2.27. The molecule has 24 heavy (non-hydrogen) atoms. The highest BCUT2D eigenvalue weighted by Crippen LogP contribution is 2.37. The van der Waals surface area contributed by atoms with Gasteiger partial charge in [-0.1, -0.05) is 19.3 Å². The van der Waals surface area contributed by atoms with Crippen molar-refractivity contribution in [2.45, 2.75) is 44.7 Å². The fourth-order valence-corrected chi connectivity index (χ4v) is 3.65. The second-order valence-electron chi connectivity index (χ2n) is 6.91. The summed E-state index contributed by atoms with van der Waals surface area (Å²) < 4.78 is 38.7. The third-order valence-electron chi connectivity index (χ3n) is 5.10. The molecule has 0 aromatic carbocycles. The molecule has 1 heterocycles. The normalized spacial score (nSPS) is 26.5. The van der Waals surface area contributed by atoms with Gasteiger partial charge in [-0.25, -0.2) is 0 Å². The maximum atomic E-state index is 12.9. The second kappa shape index (κ2) is 8.18. The SMILES string of the molecule is O=C(CCN1C[C@@H](C(F)(F)F)[C@H](C(=O)O)C1)NCC1CCCCC1. The monoisotopic (exact) mass is 350 g/mol. The molecule has 0 unspecified atom stereocenters. The Bertz CT molecular complexity index is 450. The van der Waals surface area contributed by atoms with Gasteiger partial charge in [-0.15, -0.1) is 0 Å². The minimum Gasteiger partial charge on any atom is -0.481 e. The zero-order chi connectivity index (χ0) is 17.7. The number of nitrogens with zero attached hydrogens (tertiary/aromatic N) is 1. The highest BCUT2D eigenvalue weighted by molar-refractivity contribution is 5.76. The van der Waals surface area contributed by atoms with Crippen molar-refractivity contribution < 1.29 is 27.9 Å². The fraction of sp³-hybridized carbons (Fsp3) is 0.875. The van der Waals surface area contributed by atoms with Gasteiger partial charge in [-0.3, -0.25) is 9.59 Å². The van der Waals surface area contributed by atoms with Crippen molar-refractivity contribution in [3.05, 3.63) is 0 Å². The summed E-state index contributed by atoms with van der Waals surface area (Å²) >= 11 is 0. The number of carbonyl (C=O) groups is 2. The van der Waals surface area contributed by atoms with Gasteiger partial charge >= 0.3 is 12.1 Å². The maximum absolute atomic E-state index is 12.9. The molecule has 1 aliphatic carbocycles. The zero-order valence-corrected chi connectivity index (χ0v) is 13.6. The summed E-state index contributed by atoms with van der Waals surface area (Å²) in [5.74, 6) is -4.42. The first-order valence-electron chi connectivity index (χ1n) is 8.56. The Kier molecular flexibility index (Phi) is 6.48. The van der Waals surface area contributed by atoms with Crippen molar-refractivity contribution >= 4 is 11.9 Å². The molecule has 2 rings (SSSR count). The number of rotatable bonds is 6. The number of likely N-dealkylation sites (tertiary alicyclic amines) is 1. The van der Waals surface area contributed by atoms with Crippen LogP contribution < -0.4 is 5.32 Å². The van der Waals surface area contributed by atoms with E-state index in [-0.39, 0.29) is 32.0 Å². The number of carboxylic acid groups (broad SMARTS) is 1. The molecule has 2 aliphatic rings. The average molecular weight is 350 g/mol. The number of hydrogen-bond donors (Lipinski definition) is 2. The number of halogens is 3. The summed E-state index contributed by atoms with van der Waals surface area (Å²) in [4.78, 5) is 24.3. The Morgan fingerprint density at radius 1 is 1.12 bits per heavy atom. The summed E-state index contributed by atoms with van der Waals surface area (Å²) in [6.45, 7) is 0.278. The third kappa shape index (κ3) is 5.36. The van der Waals surface area contributed by atoms with Crippen LogP contribution in [-0.4, -0.2) is 54.2 Å². The van der Waals surface area contributed by atoms with E-state index in [0.29, 0.717) is 12.5 Å². The molecule has 5 nitrogen and oxygen atoms in total. The Hall–Kier alpha value is -1.31. The Morgan fingerprint density at radius 2 is 1.79 bits per heavy atom. The number of nitrogens with one attached hydrogen (secondary N) is 1. The first kappa shape index (κ1) is 19.0. The molecule has 0 radical (unpaired) electrons. The van der Waals surface area contributed by atoms with Gasteiger partial charge in [0.25, 0.3) is 0 Å². The molecular formula is C16H25F3N2O3. The van der Waals surface area contributed by atoms with E-state index in [2.05, 4.69) is 5.32 Å². The van der Waals surface area contributed by atoms with Gasteiger partial charge in [-0.05, 0) is 18.8 Å². The Labute approximate surface area is 139 Å². The van der Waals surface area contributed by atoms with Crippen LogP contribution in [0.3, 0.4) is 0 Å². The molecule has 138 valence electrons. The Balaban J connectivity index is 1.73. The quantitative estimate of drug-likeness (QED) is 0.771. The molecule has 0 aromatic rings. The van der Waals surface area contributed by atoms with E-state index in [1.54, 1.807) is 0 Å². The summed E-state index contributed by atoms with van der Waals surface area (Å²) in [5, 5.41) is 11.8. The molecule has 1 saturated heterocycles. The maximum Gasteiger partial charge on any atom is 0.393 e. The van der Waals surface area contributed by atoms with Crippen LogP contribution in [0.2, 0.25) is 0 Å². The lowest BCUT2D eigenvalue weighted by Crippen LogP contribution is -2.34. The van der Waals surface area contributed by atoms with E-state index in [0.717, 1.165) is 12.8 Å². The number of carbonyl (C=O) groups excluding carboxylic acids is 1. The smallest absolute Gasteiger partial charge is 0.393 e. The van der Waals surface area contributed by atoms with Crippen LogP contribution in [0, 0.1) is 17.8 Å². The highest BCUT2D eigenvalue weighted by atomic mass is 19.4. The lowest BCUT2D eigenvalue weighted by atomic mass is 9.89. The number of hydrogen-bond acceptors (Lipinski definition) is 3. The zero-order valence-electron chi connectivity index (χ0n) is 13.6. The lowest BCUT2D eigenvalue weighted by molar-refractivity contribution is -0.188. The molecular weight excluding hydrogens is 325 g/mol. The number of aliphatic carboxylic acids is 1. The largest absolute Gasteiger partial charge is 0.481 e. The first-order chi connectivity index (χ1) is 11.3. The van der Waals surface area contributed by atoms with Crippen LogP contribution >= 0.6 is 0 Å². The van der Waals surface area contributed by atoms with Gasteiger partial charge in [0.1, 0.15) is 0 Å². The van der Waals surface area contributed by atoms with Crippen LogP contribution in [0.1, 0.15) is 38.5 Å².